The van der Waals surface area contributed by atoms with E-state index in [0.717, 1.165) is 51.8 Å². The molecule has 21 heavy (non-hydrogen) atoms. The van der Waals surface area contributed by atoms with E-state index in [1.54, 1.807) is 0 Å². The summed E-state index contributed by atoms with van der Waals surface area (Å²) in [6.07, 6.45) is 2.59. The first-order valence-corrected chi connectivity index (χ1v) is 8.51. The van der Waals surface area contributed by atoms with E-state index in [9.17, 15) is 0 Å². The van der Waals surface area contributed by atoms with Gasteiger partial charge in [0.25, 0.3) is 0 Å². The lowest BCUT2D eigenvalue weighted by Crippen LogP contribution is -2.46. The van der Waals surface area contributed by atoms with Crippen LogP contribution in [0.4, 0.5) is 0 Å². The van der Waals surface area contributed by atoms with Crippen LogP contribution in [-0.4, -0.2) is 62.8 Å². The van der Waals surface area contributed by atoms with Crippen molar-refractivity contribution in [2.24, 2.45) is 10.9 Å². The molecule has 1 fully saturated rings. The number of morpholine rings is 1. The van der Waals surface area contributed by atoms with Crippen LogP contribution in [0.3, 0.4) is 0 Å². The van der Waals surface area contributed by atoms with E-state index in [2.05, 4.69) is 48.2 Å². The smallest absolute Gasteiger partial charge is 0.191 e. The van der Waals surface area contributed by atoms with Crippen molar-refractivity contribution in [3.05, 3.63) is 0 Å². The van der Waals surface area contributed by atoms with Gasteiger partial charge in [-0.3, -0.25) is 9.89 Å². The SMILES string of the molecule is CCCCNC(=NCC1CN(CC(C)C)CCO1)NCC. The van der Waals surface area contributed by atoms with E-state index < -0.39 is 0 Å². The van der Waals surface area contributed by atoms with Gasteiger partial charge in [-0.15, -0.1) is 0 Å². The zero-order valence-corrected chi connectivity index (χ0v) is 14.3. The Kier molecular flexibility index (Phi) is 9.42. The molecular formula is C16H34N4O. The second-order valence-corrected chi connectivity index (χ2v) is 6.15. The molecule has 0 aliphatic carbocycles. The van der Waals surface area contributed by atoms with Gasteiger partial charge in [0.1, 0.15) is 0 Å². The van der Waals surface area contributed by atoms with E-state index in [1.807, 2.05) is 0 Å². The maximum atomic E-state index is 5.84. The number of aliphatic imine (C=N–C) groups is 1. The van der Waals surface area contributed by atoms with Gasteiger partial charge >= 0.3 is 0 Å². The second-order valence-electron chi connectivity index (χ2n) is 6.15. The van der Waals surface area contributed by atoms with Crippen molar-refractivity contribution in [1.82, 2.24) is 15.5 Å². The first-order valence-electron chi connectivity index (χ1n) is 8.51. The minimum atomic E-state index is 0.221. The van der Waals surface area contributed by atoms with Gasteiger partial charge in [-0.05, 0) is 19.3 Å². The van der Waals surface area contributed by atoms with Crippen molar-refractivity contribution < 1.29 is 4.74 Å². The molecule has 0 aromatic heterocycles. The Hall–Kier alpha value is -0.810. The minimum Gasteiger partial charge on any atom is -0.374 e. The molecule has 0 aromatic rings. The largest absolute Gasteiger partial charge is 0.374 e. The molecule has 5 heteroatoms. The van der Waals surface area contributed by atoms with Gasteiger partial charge in [-0.25, -0.2) is 0 Å². The Labute approximate surface area is 130 Å². The molecule has 0 aromatic carbocycles. The summed E-state index contributed by atoms with van der Waals surface area (Å²) in [5.41, 5.74) is 0. The molecule has 1 heterocycles. The lowest BCUT2D eigenvalue weighted by molar-refractivity contribution is -0.0261. The van der Waals surface area contributed by atoms with Crippen LogP contribution >= 0.6 is 0 Å². The fraction of sp³-hybridized carbons (Fsp3) is 0.938. The van der Waals surface area contributed by atoms with Crippen LogP contribution in [-0.2, 0) is 4.74 Å². The predicted octanol–water partition coefficient (Wildman–Crippen LogP) is 1.70. The maximum absolute atomic E-state index is 5.84. The standard InChI is InChI=1S/C16H34N4O/c1-5-7-8-18-16(17-6-2)19-11-15-13-20(9-10-21-15)12-14(3)4/h14-15H,5-13H2,1-4H3,(H2,17,18,19). The fourth-order valence-corrected chi connectivity index (χ4v) is 2.49. The van der Waals surface area contributed by atoms with Crippen molar-refractivity contribution in [1.29, 1.82) is 0 Å². The molecule has 1 atom stereocenters. The van der Waals surface area contributed by atoms with Crippen LogP contribution in [0, 0.1) is 5.92 Å². The average molecular weight is 298 g/mol. The molecule has 0 bridgehead atoms. The quantitative estimate of drug-likeness (QED) is 0.407. The molecule has 0 amide bonds. The average Bonchev–Trinajstić information content (AvgIpc) is 2.44. The van der Waals surface area contributed by atoms with E-state index in [4.69, 9.17) is 4.74 Å². The Morgan fingerprint density at radius 1 is 1.33 bits per heavy atom. The summed E-state index contributed by atoms with van der Waals surface area (Å²) in [4.78, 5) is 7.16. The van der Waals surface area contributed by atoms with Crippen LogP contribution in [0.15, 0.2) is 4.99 Å². The van der Waals surface area contributed by atoms with Crippen molar-refractivity contribution >= 4 is 5.96 Å². The molecule has 5 nitrogen and oxygen atoms in total. The molecule has 0 radical (unpaired) electrons. The summed E-state index contributed by atoms with van der Waals surface area (Å²) in [7, 11) is 0. The number of rotatable bonds is 8. The molecular weight excluding hydrogens is 264 g/mol. The lowest BCUT2D eigenvalue weighted by Gasteiger charge is -2.33. The van der Waals surface area contributed by atoms with Crippen LogP contribution in [0.25, 0.3) is 0 Å². The highest BCUT2D eigenvalue weighted by molar-refractivity contribution is 5.79. The van der Waals surface area contributed by atoms with Crippen LogP contribution < -0.4 is 10.6 Å². The van der Waals surface area contributed by atoms with E-state index in [1.165, 1.54) is 12.8 Å². The third-order valence-corrected chi connectivity index (χ3v) is 3.47. The first-order chi connectivity index (χ1) is 10.2. The number of nitrogens with one attached hydrogen (secondary N) is 2. The topological polar surface area (TPSA) is 48.9 Å². The summed E-state index contributed by atoms with van der Waals surface area (Å²) < 4.78 is 5.84. The zero-order valence-electron chi connectivity index (χ0n) is 14.3. The van der Waals surface area contributed by atoms with Crippen molar-refractivity contribution in [2.75, 3.05) is 45.9 Å². The van der Waals surface area contributed by atoms with Crippen molar-refractivity contribution in [2.45, 2.75) is 46.6 Å². The molecule has 2 N–H and O–H groups in total. The molecule has 0 spiro atoms. The van der Waals surface area contributed by atoms with Gasteiger partial charge in [0.05, 0.1) is 19.3 Å². The van der Waals surface area contributed by atoms with E-state index in [-0.39, 0.29) is 6.10 Å². The Balaban J connectivity index is 2.39. The van der Waals surface area contributed by atoms with Crippen LogP contribution in [0.2, 0.25) is 0 Å². The molecule has 1 rings (SSSR count). The molecule has 1 unspecified atom stereocenters. The monoisotopic (exact) mass is 298 g/mol. The third kappa shape index (κ3) is 8.27. The Bertz CT molecular complexity index is 294. The zero-order chi connectivity index (χ0) is 15.5. The molecule has 0 saturated carbocycles. The number of guanidine groups is 1. The summed E-state index contributed by atoms with van der Waals surface area (Å²) >= 11 is 0. The summed E-state index contributed by atoms with van der Waals surface area (Å²) in [5, 5.41) is 6.67. The number of unbranched alkanes of at least 4 members (excludes halogenated alkanes) is 1. The number of hydrogen-bond acceptors (Lipinski definition) is 3. The Morgan fingerprint density at radius 3 is 2.81 bits per heavy atom. The molecule has 1 aliphatic rings. The highest BCUT2D eigenvalue weighted by Crippen LogP contribution is 2.08. The van der Waals surface area contributed by atoms with Gasteiger partial charge < -0.3 is 15.4 Å². The molecule has 124 valence electrons. The van der Waals surface area contributed by atoms with Crippen LogP contribution in [0.5, 0.6) is 0 Å². The fourth-order valence-electron chi connectivity index (χ4n) is 2.49. The second kappa shape index (κ2) is 10.9. The van der Waals surface area contributed by atoms with Gasteiger partial charge in [0.15, 0.2) is 5.96 Å². The summed E-state index contributed by atoms with van der Waals surface area (Å²) in [6, 6.07) is 0. The van der Waals surface area contributed by atoms with Gasteiger partial charge in [0, 0.05) is 32.7 Å². The summed E-state index contributed by atoms with van der Waals surface area (Å²) in [6.45, 7) is 15.5. The molecule has 1 saturated heterocycles. The highest BCUT2D eigenvalue weighted by atomic mass is 16.5. The predicted molar refractivity (Wildman–Crippen MR) is 89.9 cm³/mol. The van der Waals surface area contributed by atoms with Gasteiger partial charge in [-0.2, -0.15) is 0 Å². The van der Waals surface area contributed by atoms with Crippen molar-refractivity contribution in [3.8, 4) is 0 Å². The lowest BCUT2D eigenvalue weighted by atomic mass is 10.2. The van der Waals surface area contributed by atoms with Crippen molar-refractivity contribution in [3.63, 3.8) is 0 Å². The summed E-state index contributed by atoms with van der Waals surface area (Å²) in [5.74, 6) is 1.62. The minimum absolute atomic E-state index is 0.221. The maximum Gasteiger partial charge on any atom is 0.191 e. The first kappa shape index (κ1) is 18.2. The number of ether oxygens (including phenoxy) is 1. The highest BCUT2D eigenvalue weighted by Gasteiger charge is 2.20. The normalized spacial score (nSPS) is 20.8. The number of hydrogen-bond donors (Lipinski definition) is 2. The van der Waals surface area contributed by atoms with Gasteiger partial charge in [0.2, 0.25) is 0 Å². The molecule has 1 aliphatic heterocycles. The number of nitrogens with zero attached hydrogens (tertiary/aromatic N) is 2. The van der Waals surface area contributed by atoms with Gasteiger partial charge in [-0.1, -0.05) is 27.2 Å². The Morgan fingerprint density at radius 2 is 2.14 bits per heavy atom. The van der Waals surface area contributed by atoms with E-state index in [0.29, 0.717) is 5.92 Å². The van der Waals surface area contributed by atoms with Crippen LogP contribution in [0.1, 0.15) is 40.5 Å². The third-order valence-electron chi connectivity index (χ3n) is 3.47. The van der Waals surface area contributed by atoms with E-state index >= 15 is 0 Å².